The van der Waals surface area contributed by atoms with Crippen LogP contribution in [0.3, 0.4) is 0 Å². The number of aromatic amines is 1. The van der Waals surface area contributed by atoms with Crippen LogP contribution in [0.5, 0.6) is 0 Å². The number of carbonyl (C=O) groups is 1. The topological polar surface area (TPSA) is 57.8 Å². The lowest BCUT2D eigenvalue weighted by Crippen LogP contribution is -2.24. The van der Waals surface area contributed by atoms with Crippen LogP contribution in [0.15, 0.2) is 24.3 Å². The Kier molecular flexibility index (Phi) is 4.02. The fourth-order valence-electron chi connectivity index (χ4n) is 2.01. The summed E-state index contributed by atoms with van der Waals surface area (Å²) in [7, 11) is 0. The van der Waals surface area contributed by atoms with Gasteiger partial charge < -0.3 is 5.32 Å². The van der Waals surface area contributed by atoms with Crippen LogP contribution < -0.4 is 5.32 Å². The van der Waals surface area contributed by atoms with Gasteiger partial charge in [0.1, 0.15) is 0 Å². The van der Waals surface area contributed by atoms with Gasteiger partial charge in [0.05, 0.1) is 16.8 Å². The molecule has 0 radical (unpaired) electrons. The minimum Gasteiger partial charge on any atom is -0.348 e. The number of halogens is 3. The molecule has 1 heterocycles. The van der Waals surface area contributed by atoms with Crippen LogP contribution >= 0.6 is 0 Å². The Morgan fingerprint density at radius 3 is 2.62 bits per heavy atom. The molecule has 7 heteroatoms. The maximum Gasteiger partial charge on any atom is 0.416 e. The van der Waals surface area contributed by atoms with Crippen molar-refractivity contribution >= 4 is 5.91 Å². The molecule has 4 nitrogen and oxygen atoms in total. The third-order valence-corrected chi connectivity index (χ3v) is 3.06. The predicted molar refractivity (Wildman–Crippen MR) is 70.7 cm³/mol. The van der Waals surface area contributed by atoms with Crippen LogP contribution in [0.4, 0.5) is 13.2 Å². The molecule has 1 aromatic heterocycles. The van der Waals surface area contributed by atoms with Gasteiger partial charge in [-0.2, -0.15) is 18.3 Å². The number of carbonyl (C=O) groups excluding carboxylic acids is 1. The van der Waals surface area contributed by atoms with E-state index in [0.29, 0.717) is 22.5 Å². The Labute approximate surface area is 119 Å². The first-order chi connectivity index (χ1) is 9.79. The van der Waals surface area contributed by atoms with E-state index in [9.17, 15) is 18.0 Å². The molecule has 1 amide bonds. The first-order valence-corrected chi connectivity index (χ1v) is 6.25. The largest absolute Gasteiger partial charge is 0.416 e. The summed E-state index contributed by atoms with van der Waals surface area (Å²) in [5.74, 6) is -0.365. The third-order valence-electron chi connectivity index (χ3n) is 3.06. The van der Waals surface area contributed by atoms with Gasteiger partial charge in [-0.1, -0.05) is 12.1 Å². The SMILES string of the molecule is Cc1n[nH]c(C)c1C(=O)NCc1cccc(C(F)(F)F)c1. The van der Waals surface area contributed by atoms with Crippen molar-refractivity contribution in [3.8, 4) is 0 Å². The number of aromatic nitrogens is 2. The Morgan fingerprint density at radius 2 is 2.05 bits per heavy atom. The molecule has 0 unspecified atom stereocenters. The summed E-state index contributed by atoms with van der Waals surface area (Å²) in [4.78, 5) is 12.0. The summed E-state index contributed by atoms with van der Waals surface area (Å²) >= 11 is 0. The minimum absolute atomic E-state index is 0.0206. The first kappa shape index (κ1) is 15.1. The molecule has 1 aromatic carbocycles. The second-order valence-corrected chi connectivity index (χ2v) is 4.69. The molecule has 2 rings (SSSR count). The average Bonchev–Trinajstić information content (AvgIpc) is 2.75. The van der Waals surface area contributed by atoms with E-state index in [1.54, 1.807) is 13.8 Å². The molecule has 112 valence electrons. The standard InChI is InChI=1S/C14H14F3N3O/c1-8-12(9(2)20-19-8)13(21)18-7-10-4-3-5-11(6-10)14(15,16)17/h3-6H,7H2,1-2H3,(H,18,21)(H,19,20). The zero-order valence-corrected chi connectivity index (χ0v) is 11.5. The van der Waals surface area contributed by atoms with Crippen molar-refractivity contribution in [2.45, 2.75) is 26.6 Å². The molecule has 0 aliphatic rings. The van der Waals surface area contributed by atoms with Crippen molar-refractivity contribution in [1.82, 2.24) is 15.5 Å². The maximum absolute atomic E-state index is 12.6. The van der Waals surface area contributed by atoms with Crippen molar-refractivity contribution in [3.05, 3.63) is 52.3 Å². The summed E-state index contributed by atoms with van der Waals surface area (Å²) in [6.45, 7) is 3.41. The molecular weight excluding hydrogens is 283 g/mol. The molecule has 0 bridgehead atoms. The summed E-state index contributed by atoms with van der Waals surface area (Å²) in [6.07, 6.45) is -4.39. The zero-order valence-electron chi connectivity index (χ0n) is 11.5. The molecule has 0 saturated heterocycles. The van der Waals surface area contributed by atoms with E-state index in [2.05, 4.69) is 15.5 Å². The number of aryl methyl sites for hydroxylation is 2. The summed E-state index contributed by atoms with van der Waals surface area (Å²) in [5.41, 5.74) is 1.24. The number of hydrogen-bond donors (Lipinski definition) is 2. The number of benzene rings is 1. The van der Waals surface area contributed by atoms with Crippen LogP contribution in [-0.2, 0) is 12.7 Å². The normalized spacial score (nSPS) is 11.5. The van der Waals surface area contributed by atoms with Crippen LogP contribution in [0.2, 0.25) is 0 Å². The van der Waals surface area contributed by atoms with Crippen LogP contribution in [0.1, 0.15) is 32.9 Å². The number of amides is 1. The maximum atomic E-state index is 12.6. The highest BCUT2D eigenvalue weighted by Gasteiger charge is 2.30. The van der Waals surface area contributed by atoms with Gasteiger partial charge in [0.15, 0.2) is 0 Å². The van der Waals surface area contributed by atoms with Crippen LogP contribution in [0.25, 0.3) is 0 Å². The van der Waals surface area contributed by atoms with Gasteiger partial charge in [-0.25, -0.2) is 0 Å². The van der Waals surface area contributed by atoms with Gasteiger partial charge in [0.2, 0.25) is 0 Å². The summed E-state index contributed by atoms with van der Waals surface area (Å²) in [6, 6.07) is 4.87. The number of H-pyrrole nitrogens is 1. The molecule has 0 saturated carbocycles. The van der Waals surface area contributed by atoms with E-state index in [-0.39, 0.29) is 12.5 Å². The number of rotatable bonds is 3. The van der Waals surface area contributed by atoms with Crippen LogP contribution in [0, 0.1) is 13.8 Å². The fraction of sp³-hybridized carbons (Fsp3) is 0.286. The molecule has 21 heavy (non-hydrogen) atoms. The molecular formula is C14H14F3N3O. The van der Waals surface area contributed by atoms with Gasteiger partial charge in [-0.3, -0.25) is 9.89 Å². The summed E-state index contributed by atoms with van der Waals surface area (Å²) in [5, 5.41) is 9.18. The van der Waals surface area contributed by atoms with Gasteiger partial charge in [-0.05, 0) is 31.5 Å². The Morgan fingerprint density at radius 1 is 1.33 bits per heavy atom. The first-order valence-electron chi connectivity index (χ1n) is 6.25. The molecule has 0 atom stereocenters. The highest BCUT2D eigenvalue weighted by molar-refractivity contribution is 5.96. The molecule has 0 aliphatic carbocycles. The highest BCUT2D eigenvalue weighted by Crippen LogP contribution is 2.29. The van der Waals surface area contributed by atoms with Gasteiger partial charge in [0, 0.05) is 12.2 Å². The number of nitrogens with zero attached hydrogens (tertiary/aromatic N) is 1. The van der Waals surface area contributed by atoms with Crippen molar-refractivity contribution in [1.29, 1.82) is 0 Å². The Balaban J connectivity index is 2.09. The monoisotopic (exact) mass is 297 g/mol. The lowest BCUT2D eigenvalue weighted by molar-refractivity contribution is -0.137. The van der Waals surface area contributed by atoms with Crippen molar-refractivity contribution in [2.24, 2.45) is 0 Å². The smallest absolute Gasteiger partial charge is 0.348 e. The quantitative estimate of drug-likeness (QED) is 0.915. The zero-order chi connectivity index (χ0) is 15.6. The van der Waals surface area contributed by atoms with E-state index in [0.717, 1.165) is 12.1 Å². The lowest BCUT2D eigenvalue weighted by Gasteiger charge is -2.09. The predicted octanol–water partition coefficient (Wildman–Crippen LogP) is 2.98. The van der Waals surface area contributed by atoms with E-state index in [4.69, 9.17) is 0 Å². The van der Waals surface area contributed by atoms with Crippen molar-refractivity contribution in [2.75, 3.05) is 0 Å². The second kappa shape index (κ2) is 5.59. The van der Waals surface area contributed by atoms with E-state index < -0.39 is 11.7 Å². The second-order valence-electron chi connectivity index (χ2n) is 4.69. The average molecular weight is 297 g/mol. The Bertz CT molecular complexity index is 642. The molecule has 2 N–H and O–H groups in total. The van der Waals surface area contributed by atoms with Crippen molar-refractivity contribution < 1.29 is 18.0 Å². The minimum atomic E-state index is -4.39. The summed E-state index contributed by atoms with van der Waals surface area (Å²) < 4.78 is 37.8. The van der Waals surface area contributed by atoms with Crippen molar-refractivity contribution in [3.63, 3.8) is 0 Å². The number of alkyl halides is 3. The molecule has 0 aliphatic heterocycles. The lowest BCUT2D eigenvalue weighted by atomic mass is 10.1. The number of hydrogen-bond acceptors (Lipinski definition) is 2. The van der Waals surface area contributed by atoms with E-state index in [1.807, 2.05) is 0 Å². The highest BCUT2D eigenvalue weighted by atomic mass is 19.4. The van der Waals surface area contributed by atoms with Gasteiger partial charge in [-0.15, -0.1) is 0 Å². The Hall–Kier alpha value is -2.31. The fourth-order valence-corrected chi connectivity index (χ4v) is 2.01. The van der Waals surface area contributed by atoms with E-state index >= 15 is 0 Å². The van der Waals surface area contributed by atoms with Crippen LogP contribution in [-0.4, -0.2) is 16.1 Å². The van der Waals surface area contributed by atoms with Gasteiger partial charge in [0.25, 0.3) is 5.91 Å². The van der Waals surface area contributed by atoms with E-state index in [1.165, 1.54) is 12.1 Å². The molecule has 2 aromatic rings. The molecule has 0 fully saturated rings. The molecule has 0 spiro atoms. The third kappa shape index (κ3) is 3.42. The van der Waals surface area contributed by atoms with Gasteiger partial charge >= 0.3 is 6.18 Å². The number of nitrogens with one attached hydrogen (secondary N) is 2.